The van der Waals surface area contributed by atoms with Crippen LogP contribution in [-0.2, 0) is 10.5 Å². The molecular weight excluding hydrogens is 396 g/mol. The summed E-state index contributed by atoms with van der Waals surface area (Å²) in [5, 5.41) is 3.51. The van der Waals surface area contributed by atoms with E-state index in [-0.39, 0.29) is 29.2 Å². The number of thioether (sulfide) groups is 1. The molecule has 2 aromatic rings. The first-order valence-electron chi connectivity index (χ1n) is 8.14. The lowest BCUT2D eigenvalue weighted by molar-refractivity contribution is -0.119. The summed E-state index contributed by atoms with van der Waals surface area (Å²) in [5.74, 6) is 0.876. The molecule has 0 aliphatic rings. The van der Waals surface area contributed by atoms with E-state index in [2.05, 4.69) is 10.1 Å². The van der Waals surface area contributed by atoms with Crippen molar-refractivity contribution in [3.63, 3.8) is 0 Å². The predicted octanol–water partition coefficient (Wildman–Crippen LogP) is 5.06. The third-order valence-electron chi connectivity index (χ3n) is 3.70. The highest BCUT2D eigenvalue weighted by Gasteiger charge is 2.13. The zero-order valence-electron chi connectivity index (χ0n) is 14.9. The van der Waals surface area contributed by atoms with Crippen LogP contribution in [0.2, 0.25) is 5.02 Å². The van der Waals surface area contributed by atoms with E-state index in [0.29, 0.717) is 10.8 Å². The number of amides is 1. The average molecular weight is 416 g/mol. The third kappa shape index (κ3) is 6.59. The first kappa shape index (κ1) is 21.3. The fraction of sp³-hybridized carbons (Fsp3) is 0.316. The number of alkyl halides is 2. The molecule has 1 amide bonds. The number of halogens is 3. The SMILES string of the molecule is COc1cc(CSCC(=O)N[C@@H](C)c2ccccc2Cl)ccc1OC(F)F. The molecule has 8 heteroatoms. The quantitative estimate of drug-likeness (QED) is 0.621. The van der Waals surface area contributed by atoms with E-state index in [4.69, 9.17) is 16.3 Å². The lowest BCUT2D eigenvalue weighted by Gasteiger charge is -2.15. The molecule has 0 aliphatic heterocycles. The maximum absolute atomic E-state index is 12.3. The highest BCUT2D eigenvalue weighted by molar-refractivity contribution is 7.99. The predicted molar refractivity (Wildman–Crippen MR) is 104 cm³/mol. The van der Waals surface area contributed by atoms with Crippen molar-refractivity contribution in [2.24, 2.45) is 0 Å². The van der Waals surface area contributed by atoms with Crippen LogP contribution in [0.25, 0.3) is 0 Å². The number of methoxy groups -OCH3 is 1. The topological polar surface area (TPSA) is 47.6 Å². The van der Waals surface area contributed by atoms with Crippen molar-refractivity contribution in [1.82, 2.24) is 5.32 Å². The van der Waals surface area contributed by atoms with Crippen LogP contribution in [0.15, 0.2) is 42.5 Å². The Morgan fingerprint density at radius 3 is 2.63 bits per heavy atom. The molecule has 0 aliphatic carbocycles. The van der Waals surface area contributed by atoms with Gasteiger partial charge in [0.15, 0.2) is 11.5 Å². The largest absolute Gasteiger partial charge is 0.493 e. The fourth-order valence-corrected chi connectivity index (χ4v) is 3.53. The van der Waals surface area contributed by atoms with Crippen molar-refractivity contribution in [2.45, 2.75) is 25.3 Å². The van der Waals surface area contributed by atoms with E-state index in [0.717, 1.165) is 11.1 Å². The highest BCUT2D eigenvalue weighted by Crippen LogP contribution is 2.30. The molecule has 0 spiro atoms. The summed E-state index contributed by atoms with van der Waals surface area (Å²) >= 11 is 7.54. The summed E-state index contributed by atoms with van der Waals surface area (Å²) in [4.78, 5) is 12.1. The molecule has 0 saturated carbocycles. The minimum Gasteiger partial charge on any atom is -0.493 e. The second-order valence-corrected chi connectivity index (χ2v) is 7.06. The summed E-state index contributed by atoms with van der Waals surface area (Å²) in [6, 6.07) is 11.9. The van der Waals surface area contributed by atoms with Gasteiger partial charge in [0.05, 0.1) is 18.9 Å². The van der Waals surface area contributed by atoms with E-state index < -0.39 is 6.61 Å². The third-order valence-corrected chi connectivity index (χ3v) is 5.04. The van der Waals surface area contributed by atoms with Gasteiger partial charge in [-0.3, -0.25) is 4.79 Å². The van der Waals surface area contributed by atoms with Crippen molar-refractivity contribution in [3.05, 3.63) is 58.6 Å². The van der Waals surface area contributed by atoms with E-state index >= 15 is 0 Å². The molecule has 2 rings (SSSR count). The summed E-state index contributed by atoms with van der Waals surface area (Å²) in [6.45, 7) is -1.04. The van der Waals surface area contributed by atoms with Gasteiger partial charge in [-0.2, -0.15) is 8.78 Å². The number of hydrogen-bond donors (Lipinski definition) is 1. The number of carbonyl (C=O) groups is 1. The van der Waals surface area contributed by atoms with Gasteiger partial charge in [0.2, 0.25) is 5.91 Å². The number of rotatable bonds is 9. The smallest absolute Gasteiger partial charge is 0.387 e. The summed E-state index contributed by atoms with van der Waals surface area (Å²) < 4.78 is 34.1. The molecular formula is C19H20ClF2NO3S. The van der Waals surface area contributed by atoms with Crippen LogP contribution >= 0.6 is 23.4 Å². The Hall–Kier alpha value is -1.99. The maximum Gasteiger partial charge on any atom is 0.387 e. The second kappa shape index (κ2) is 10.4. The summed E-state index contributed by atoms with van der Waals surface area (Å²) in [7, 11) is 1.38. The van der Waals surface area contributed by atoms with Crippen LogP contribution in [0.5, 0.6) is 11.5 Å². The summed E-state index contributed by atoms with van der Waals surface area (Å²) in [6.07, 6.45) is 0. The molecule has 0 unspecified atom stereocenters. The van der Waals surface area contributed by atoms with Gasteiger partial charge in [0.1, 0.15) is 0 Å². The second-order valence-electron chi connectivity index (χ2n) is 5.67. The van der Waals surface area contributed by atoms with Crippen molar-refractivity contribution in [2.75, 3.05) is 12.9 Å². The van der Waals surface area contributed by atoms with Crippen LogP contribution in [0, 0.1) is 0 Å². The normalized spacial score (nSPS) is 11.9. The lowest BCUT2D eigenvalue weighted by atomic mass is 10.1. The molecule has 27 heavy (non-hydrogen) atoms. The van der Waals surface area contributed by atoms with E-state index in [9.17, 15) is 13.6 Å². The van der Waals surface area contributed by atoms with Gasteiger partial charge in [-0.05, 0) is 36.2 Å². The molecule has 0 fully saturated rings. The molecule has 0 aromatic heterocycles. The Kier molecular flexibility index (Phi) is 8.19. The van der Waals surface area contributed by atoms with Gasteiger partial charge in [-0.15, -0.1) is 11.8 Å². The Bertz CT molecular complexity index is 776. The minimum atomic E-state index is -2.91. The Balaban J connectivity index is 1.85. The van der Waals surface area contributed by atoms with Crippen molar-refractivity contribution >= 4 is 29.3 Å². The molecule has 0 saturated heterocycles. The van der Waals surface area contributed by atoms with Crippen LogP contribution < -0.4 is 14.8 Å². The lowest BCUT2D eigenvalue weighted by Crippen LogP contribution is -2.28. The van der Waals surface area contributed by atoms with E-state index in [1.165, 1.54) is 24.9 Å². The summed E-state index contributed by atoms with van der Waals surface area (Å²) in [5.41, 5.74) is 1.70. The van der Waals surface area contributed by atoms with Gasteiger partial charge in [0.25, 0.3) is 0 Å². The van der Waals surface area contributed by atoms with Crippen molar-refractivity contribution in [3.8, 4) is 11.5 Å². The van der Waals surface area contributed by atoms with Gasteiger partial charge < -0.3 is 14.8 Å². The van der Waals surface area contributed by atoms with E-state index in [1.54, 1.807) is 18.2 Å². The molecule has 1 atom stereocenters. The Morgan fingerprint density at radius 2 is 1.96 bits per heavy atom. The number of ether oxygens (including phenoxy) is 2. The van der Waals surface area contributed by atoms with Gasteiger partial charge in [0, 0.05) is 10.8 Å². The van der Waals surface area contributed by atoms with E-state index in [1.807, 2.05) is 25.1 Å². The minimum absolute atomic E-state index is 0.0208. The molecule has 0 bridgehead atoms. The number of carbonyl (C=O) groups excluding carboxylic acids is 1. The first-order valence-corrected chi connectivity index (χ1v) is 9.67. The molecule has 146 valence electrons. The van der Waals surface area contributed by atoms with Crippen molar-refractivity contribution < 1.29 is 23.0 Å². The first-order chi connectivity index (χ1) is 12.9. The number of benzene rings is 2. The van der Waals surface area contributed by atoms with Crippen molar-refractivity contribution in [1.29, 1.82) is 0 Å². The molecule has 4 nitrogen and oxygen atoms in total. The standard InChI is InChI=1S/C19H20ClF2NO3S/c1-12(14-5-3-4-6-15(14)20)23-18(24)11-27-10-13-7-8-16(26-19(21)22)17(9-13)25-2/h3-9,12,19H,10-11H2,1-2H3,(H,23,24)/t12-/m0/s1. The molecule has 1 N–H and O–H groups in total. The molecule has 2 aromatic carbocycles. The average Bonchev–Trinajstić information content (AvgIpc) is 2.62. The fourth-order valence-electron chi connectivity index (χ4n) is 2.44. The zero-order valence-corrected chi connectivity index (χ0v) is 16.4. The van der Waals surface area contributed by atoms with Crippen LogP contribution in [0.4, 0.5) is 8.78 Å². The number of hydrogen-bond acceptors (Lipinski definition) is 4. The van der Waals surface area contributed by atoms with Crippen LogP contribution in [0.3, 0.4) is 0 Å². The number of nitrogens with one attached hydrogen (secondary N) is 1. The molecule has 0 radical (unpaired) electrons. The Morgan fingerprint density at radius 1 is 1.22 bits per heavy atom. The van der Waals surface area contributed by atoms with Gasteiger partial charge >= 0.3 is 6.61 Å². The monoisotopic (exact) mass is 415 g/mol. The molecule has 0 heterocycles. The van der Waals surface area contributed by atoms with Crippen LogP contribution in [0.1, 0.15) is 24.1 Å². The maximum atomic E-state index is 12.3. The Labute approximate surface area is 166 Å². The van der Waals surface area contributed by atoms with Gasteiger partial charge in [-0.25, -0.2) is 0 Å². The zero-order chi connectivity index (χ0) is 19.8. The highest BCUT2D eigenvalue weighted by atomic mass is 35.5. The van der Waals surface area contributed by atoms with Crippen LogP contribution in [-0.4, -0.2) is 25.4 Å². The van der Waals surface area contributed by atoms with Gasteiger partial charge in [-0.1, -0.05) is 35.9 Å².